The number of carboxylic acids is 1. The Balaban J connectivity index is 0.000000876. The summed E-state index contributed by atoms with van der Waals surface area (Å²) in [6, 6.07) is 6.70. The first-order valence-corrected chi connectivity index (χ1v) is 16.5. The number of aliphatic hydroxyl groups is 1. The molecule has 0 saturated heterocycles. The minimum Gasteiger partial charge on any atom is -0.481 e. The summed E-state index contributed by atoms with van der Waals surface area (Å²) in [4.78, 5) is 25.0. The summed E-state index contributed by atoms with van der Waals surface area (Å²) in [7, 11) is 2.08. The second-order valence-electron chi connectivity index (χ2n) is 13.5. The number of allylic oxidation sites excluding steroid dienone is 2. The van der Waals surface area contributed by atoms with E-state index in [-0.39, 0.29) is 11.8 Å². The van der Waals surface area contributed by atoms with Crippen LogP contribution in [0.4, 0.5) is 11.4 Å². The van der Waals surface area contributed by atoms with Crippen molar-refractivity contribution in [2.75, 3.05) is 29.1 Å². The molecular weight excluding hydrogens is 568 g/mol. The lowest BCUT2D eigenvalue weighted by atomic mass is 9.73. The second-order valence-corrected chi connectivity index (χ2v) is 14.3. The molecule has 0 fully saturated rings. The third-order valence-electron chi connectivity index (χ3n) is 8.12. The van der Waals surface area contributed by atoms with Gasteiger partial charge in [0.25, 0.3) is 0 Å². The summed E-state index contributed by atoms with van der Waals surface area (Å²) < 4.78 is 2.32. The number of hydrogen-bond donors (Lipinski definition) is 2. The molecule has 1 aliphatic heterocycles. The molecule has 4 rings (SSSR count). The Morgan fingerprint density at radius 3 is 2.32 bits per heavy atom. The maximum atomic E-state index is 12.0. The van der Waals surface area contributed by atoms with Crippen LogP contribution in [0.5, 0.6) is 0 Å². The standard InChI is InChI=1S/C31H40N2O3S.C4H10O.C2H2/c1-20-26(18-27(35)36)28(22-11-13-31(3,4)14-12-22)21(2)29-25-10-9-24(32(5)15-7-8-16-34)17-23(25)19-33(37-6)30(20)29;1-4(2,3)5;1-2/h9-11,16-17H,7-8,12-15,18-19H2,1-6H3,(H,35,36);5H,1-3H3;1-2H. The molecule has 0 amide bonds. The van der Waals surface area contributed by atoms with Crippen LogP contribution in [0.1, 0.15) is 94.5 Å². The van der Waals surface area contributed by atoms with Gasteiger partial charge in [0.15, 0.2) is 0 Å². The number of aliphatic carboxylic acids is 1. The Morgan fingerprint density at radius 2 is 1.80 bits per heavy atom. The number of carbonyl (C=O) groups is 2. The monoisotopic (exact) mass is 620 g/mol. The van der Waals surface area contributed by atoms with Crippen LogP contribution in [0.15, 0.2) is 24.3 Å². The molecule has 0 bridgehead atoms. The number of hydrogen-bond acceptors (Lipinski definition) is 6. The van der Waals surface area contributed by atoms with Gasteiger partial charge in [-0.25, -0.2) is 0 Å². The zero-order valence-electron chi connectivity index (χ0n) is 28.2. The number of benzene rings is 2. The zero-order valence-corrected chi connectivity index (χ0v) is 29.0. The summed E-state index contributed by atoms with van der Waals surface area (Å²) in [5.41, 5.74) is 11.5. The third kappa shape index (κ3) is 9.39. The molecule has 240 valence electrons. The molecule has 0 spiro atoms. The fraction of sp³-hybridized carbons (Fsp3) is 0.514. The van der Waals surface area contributed by atoms with Crippen molar-refractivity contribution in [2.24, 2.45) is 5.41 Å². The van der Waals surface area contributed by atoms with Crippen LogP contribution < -0.4 is 9.21 Å². The fourth-order valence-corrected chi connectivity index (χ4v) is 6.60. The van der Waals surface area contributed by atoms with Gasteiger partial charge in [0.1, 0.15) is 6.29 Å². The second kappa shape index (κ2) is 15.7. The fourth-order valence-electron chi connectivity index (χ4n) is 5.92. The molecule has 2 aromatic carbocycles. The number of fused-ring (bicyclic) bond motifs is 3. The summed E-state index contributed by atoms with van der Waals surface area (Å²) in [5.74, 6) is -0.783. The van der Waals surface area contributed by atoms with Crippen LogP contribution in [0, 0.1) is 32.1 Å². The van der Waals surface area contributed by atoms with Gasteiger partial charge < -0.3 is 24.2 Å². The van der Waals surface area contributed by atoms with Crippen LogP contribution >= 0.6 is 11.9 Å². The van der Waals surface area contributed by atoms with Crippen molar-refractivity contribution in [3.05, 3.63) is 52.1 Å². The van der Waals surface area contributed by atoms with Gasteiger partial charge in [-0.2, -0.15) is 0 Å². The van der Waals surface area contributed by atoms with Gasteiger partial charge in [-0.15, -0.1) is 12.8 Å². The number of aldehydes is 1. The molecule has 0 saturated carbocycles. The molecule has 2 N–H and O–H groups in total. The lowest BCUT2D eigenvalue weighted by Gasteiger charge is -2.37. The lowest BCUT2D eigenvalue weighted by Crippen LogP contribution is -2.24. The van der Waals surface area contributed by atoms with E-state index in [4.69, 9.17) is 5.11 Å². The van der Waals surface area contributed by atoms with Gasteiger partial charge in [0.2, 0.25) is 0 Å². The van der Waals surface area contributed by atoms with Gasteiger partial charge >= 0.3 is 5.97 Å². The van der Waals surface area contributed by atoms with Gasteiger partial charge in [-0.05, 0) is 117 Å². The highest BCUT2D eigenvalue weighted by molar-refractivity contribution is 7.99. The van der Waals surface area contributed by atoms with E-state index in [1.54, 1.807) is 32.7 Å². The zero-order chi connectivity index (χ0) is 33.4. The normalized spacial score (nSPS) is 14.9. The predicted octanol–water partition coefficient (Wildman–Crippen LogP) is 8.23. The molecule has 0 radical (unpaired) electrons. The summed E-state index contributed by atoms with van der Waals surface area (Å²) >= 11 is 1.69. The summed E-state index contributed by atoms with van der Waals surface area (Å²) in [6.07, 6.45) is 18.0. The van der Waals surface area contributed by atoms with Gasteiger partial charge in [-0.3, -0.25) is 4.79 Å². The third-order valence-corrected chi connectivity index (χ3v) is 8.87. The molecule has 1 aliphatic carbocycles. The Morgan fingerprint density at radius 1 is 1.16 bits per heavy atom. The molecule has 44 heavy (non-hydrogen) atoms. The molecule has 2 aromatic rings. The van der Waals surface area contributed by atoms with Crippen LogP contribution in [-0.4, -0.2) is 47.9 Å². The quantitative estimate of drug-likeness (QED) is 0.126. The van der Waals surface area contributed by atoms with E-state index < -0.39 is 11.6 Å². The topological polar surface area (TPSA) is 81.1 Å². The number of unbranched alkanes of at least 4 members (excludes halogenated alkanes) is 1. The molecule has 0 aromatic heterocycles. The molecule has 0 atom stereocenters. The average Bonchev–Trinajstić information content (AvgIpc) is 2.95. The number of nitrogens with zero attached hydrogens (tertiary/aromatic N) is 2. The number of carbonyl (C=O) groups excluding carboxylic acids is 1. The van der Waals surface area contributed by atoms with Gasteiger partial charge in [0, 0.05) is 37.5 Å². The van der Waals surface area contributed by atoms with Crippen molar-refractivity contribution in [1.82, 2.24) is 0 Å². The van der Waals surface area contributed by atoms with Crippen LogP contribution in [0.2, 0.25) is 0 Å². The number of rotatable bonds is 9. The van der Waals surface area contributed by atoms with Crippen LogP contribution in [0.25, 0.3) is 16.7 Å². The minimum absolute atomic E-state index is 0.0373. The number of anilines is 2. The first kappa shape index (κ1) is 37.0. The Hall–Kier alpha value is -3.21. The number of terminal acetylenes is 1. The maximum absolute atomic E-state index is 12.0. The highest BCUT2D eigenvalue weighted by Gasteiger charge is 2.32. The van der Waals surface area contributed by atoms with Crippen molar-refractivity contribution >= 4 is 41.2 Å². The lowest BCUT2D eigenvalue weighted by molar-refractivity contribution is -0.136. The van der Waals surface area contributed by atoms with Crippen molar-refractivity contribution in [1.29, 1.82) is 0 Å². The Kier molecular flexibility index (Phi) is 13.2. The first-order valence-electron chi connectivity index (χ1n) is 15.3. The Labute approximate surface area is 270 Å². The molecular formula is C37H52N2O4S. The van der Waals surface area contributed by atoms with Crippen molar-refractivity contribution in [3.63, 3.8) is 0 Å². The highest BCUT2D eigenvalue weighted by Crippen LogP contribution is 2.51. The van der Waals surface area contributed by atoms with E-state index >= 15 is 0 Å². The van der Waals surface area contributed by atoms with E-state index in [1.807, 2.05) is 0 Å². The molecule has 6 nitrogen and oxygen atoms in total. The molecule has 1 heterocycles. The summed E-state index contributed by atoms with van der Waals surface area (Å²) in [6.45, 7) is 15.7. The first-order chi connectivity index (χ1) is 20.6. The minimum atomic E-state index is -0.783. The predicted molar refractivity (Wildman–Crippen MR) is 188 cm³/mol. The van der Waals surface area contributed by atoms with Crippen LogP contribution in [0.3, 0.4) is 0 Å². The summed E-state index contributed by atoms with van der Waals surface area (Å²) in [5, 5.41) is 18.4. The van der Waals surface area contributed by atoms with Crippen LogP contribution in [-0.2, 0) is 22.6 Å². The van der Waals surface area contributed by atoms with E-state index in [0.717, 1.165) is 73.1 Å². The average molecular weight is 621 g/mol. The van der Waals surface area contributed by atoms with Gasteiger partial charge in [-0.1, -0.05) is 37.9 Å². The van der Waals surface area contributed by atoms with E-state index in [2.05, 4.69) is 87.3 Å². The molecule has 2 aliphatic rings. The van der Waals surface area contributed by atoms with Crippen molar-refractivity contribution in [2.45, 2.75) is 99.1 Å². The smallest absolute Gasteiger partial charge is 0.307 e. The molecule has 7 heteroatoms. The van der Waals surface area contributed by atoms with Crippen molar-refractivity contribution < 1.29 is 19.8 Å². The maximum Gasteiger partial charge on any atom is 0.307 e. The SMILES string of the molecule is C#C.CC(C)(C)O.CSN1Cc2cc(N(C)CCCC=O)ccc2-c2c(C)c(C3=CCC(C)(C)CC3)c(CC(=O)O)c(C)c21. The largest absolute Gasteiger partial charge is 0.481 e. The van der Waals surface area contributed by atoms with E-state index in [0.29, 0.717) is 6.42 Å². The van der Waals surface area contributed by atoms with E-state index in [1.165, 1.54) is 27.8 Å². The van der Waals surface area contributed by atoms with E-state index in [9.17, 15) is 14.7 Å². The molecule has 0 unspecified atom stereocenters. The van der Waals surface area contributed by atoms with Crippen molar-refractivity contribution in [3.8, 4) is 24.0 Å². The Bertz CT molecular complexity index is 1380. The number of carboxylic acid groups (broad SMARTS) is 1. The van der Waals surface area contributed by atoms with Gasteiger partial charge in [0.05, 0.1) is 24.3 Å². The highest BCUT2D eigenvalue weighted by atomic mass is 32.2.